The molecule has 0 aromatic heterocycles. The van der Waals surface area contributed by atoms with E-state index in [0.29, 0.717) is 6.61 Å². The van der Waals surface area contributed by atoms with Crippen molar-refractivity contribution in [2.75, 3.05) is 6.61 Å². The van der Waals surface area contributed by atoms with Crippen LogP contribution < -0.4 is 0 Å². The van der Waals surface area contributed by atoms with Crippen molar-refractivity contribution in [1.29, 1.82) is 0 Å². The van der Waals surface area contributed by atoms with E-state index in [9.17, 15) is 4.79 Å². The van der Waals surface area contributed by atoms with Gasteiger partial charge in [0, 0.05) is 6.08 Å². The van der Waals surface area contributed by atoms with Gasteiger partial charge >= 0.3 is 5.97 Å². The van der Waals surface area contributed by atoms with E-state index in [1.54, 1.807) is 12.2 Å². The summed E-state index contributed by atoms with van der Waals surface area (Å²) < 4.78 is 0. The molecule has 4 heteroatoms. The molecule has 0 spiro atoms. The van der Waals surface area contributed by atoms with Crippen LogP contribution in [0.1, 0.15) is 51.4 Å². The third-order valence-corrected chi connectivity index (χ3v) is 3.26. The second-order valence-corrected chi connectivity index (χ2v) is 5.38. The van der Waals surface area contributed by atoms with E-state index in [1.165, 1.54) is 38.2 Å². The van der Waals surface area contributed by atoms with Crippen LogP contribution in [0.5, 0.6) is 0 Å². The number of hydrogen-bond donors (Lipinski definition) is 2. The Morgan fingerprint density at radius 3 is 1.79 bits per heavy atom. The molecule has 4 nitrogen and oxygen atoms in total. The minimum atomic E-state index is -0.943. The van der Waals surface area contributed by atoms with E-state index in [4.69, 9.17) is 10.4 Å². The molecule has 0 atom stereocenters. The molecule has 0 rings (SSSR count). The van der Waals surface area contributed by atoms with Gasteiger partial charge in [0.25, 0.3) is 0 Å². The molecule has 0 saturated carbocycles. The highest BCUT2D eigenvalue weighted by Crippen LogP contribution is 2.08. The average Bonchev–Trinajstić information content (AvgIpc) is 2.56. The highest BCUT2D eigenvalue weighted by molar-refractivity contribution is 5.80. The van der Waals surface area contributed by atoms with E-state index in [1.807, 2.05) is 30.4 Å². The van der Waals surface area contributed by atoms with E-state index in [-0.39, 0.29) is 0 Å². The van der Waals surface area contributed by atoms with Gasteiger partial charge in [0.2, 0.25) is 0 Å². The van der Waals surface area contributed by atoms with Crippen molar-refractivity contribution in [2.45, 2.75) is 51.4 Å². The maximum Gasteiger partial charge on any atom is 0.328 e. The quantitative estimate of drug-likeness (QED) is 0.137. The van der Waals surface area contributed by atoms with Crippen molar-refractivity contribution in [1.82, 2.24) is 0 Å². The smallest absolute Gasteiger partial charge is 0.328 e. The van der Waals surface area contributed by atoms with Crippen molar-refractivity contribution in [2.24, 2.45) is 0 Å². The van der Waals surface area contributed by atoms with Gasteiger partial charge in [-0.3, -0.25) is 5.26 Å². The Balaban J connectivity index is 3.44. The van der Waals surface area contributed by atoms with Gasteiger partial charge in [0.1, 0.15) is 0 Å². The summed E-state index contributed by atoms with van der Waals surface area (Å²) in [5.74, 6) is -0.943. The topological polar surface area (TPSA) is 66.8 Å². The molecule has 0 fully saturated rings. The fourth-order valence-electron chi connectivity index (χ4n) is 2.01. The zero-order valence-corrected chi connectivity index (χ0v) is 14.3. The van der Waals surface area contributed by atoms with Crippen LogP contribution >= 0.6 is 0 Å². The maximum atomic E-state index is 10.2. The van der Waals surface area contributed by atoms with E-state index >= 15 is 0 Å². The second-order valence-electron chi connectivity index (χ2n) is 5.38. The van der Waals surface area contributed by atoms with Crippen molar-refractivity contribution in [3.63, 3.8) is 0 Å². The van der Waals surface area contributed by atoms with Crippen LogP contribution in [0.25, 0.3) is 0 Å². The van der Waals surface area contributed by atoms with Crippen LogP contribution in [-0.2, 0) is 9.68 Å². The predicted octanol–water partition coefficient (Wildman–Crippen LogP) is 5.46. The Morgan fingerprint density at radius 1 is 0.708 bits per heavy atom. The van der Waals surface area contributed by atoms with Gasteiger partial charge in [0.15, 0.2) is 0 Å². The van der Waals surface area contributed by atoms with Crippen molar-refractivity contribution in [3.05, 3.63) is 60.8 Å². The van der Waals surface area contributed by atoms with Crippen LogP contribution in [0.15, 0.2) is 60.8 Å². The average molecular weight is 334 g/mol. The Morgan fingerprint density at radius 2 is 1.21 bits per heavy atom. The van der Waals surface area contributed by atoms with Crippen molar-refractivity contribution >= 4 is 5.97 Å². The summed E-state index contributed by atoms with van der Waals surface area (Å²) in [6.07, 6.45) is 27.3. The first-order valence-electron chi connectivity index (χ1n) is 8.60. The predicted molar refractivity (Wildman–Crippen MR) is 98.9 cm³/mol. The summed E-state index contributed by atoms with van der Waals surface area (Å²) in [5.41, 5.74) is 0. The number of hydrogen-bond acceptors (Lipinski definition) is 3. The number of rotatable bonds is 15. The van der Waals surface area contributed by atoms with Gasteiger partial charge < -0.3 is 5.11 Å². The van der Waals surface area contributed by atoms with Crippen LogP contribution in [0, 0.1) is 0 Å². The minimum Gasteiger partial charge on any atom is -0.478 e. The number of carboxylic acids is 1. The Labute approximate surface area is 145 Å². The van der Waals surface area contributed by atoms with Gasteiger partial charge in [-0.05, 0) is 19.3 Å². The minimum absolute atomic E-state index is 0.450. The summed E-state index contributed by atoms with van der Waals surface area (Å²) in [5, 5.41) is 16.6. The fraction of sp³-hybridized carbons (Fsp3) is 0.450. The number of carboxylic acid groups (broad SMARTS) is 1. The molecule has 0 heterocycles. The van der Waals surface area contributed by atoms with Gasteiger partial charge in [-0.2, -0.15) is 0 Å². The standard InChI is InChI=1S/C20H30O4/c21-20(22)18-16-14-12-10-8-6-4-2-1-3-5-7-9-11-13-15-17-19-24-23/h1-2,4,6,8,10,12,14,16,18,23H,3,5,7,9,11,13,15,17,19H2,(H,21,22). The van der Waals surface area contributed by atoms with Gasteiger partial charge in [0.05, 0.1) is 6.61 Å². The van der Waals surface area contributed by atoms with E-state index in [0.717, 1.165) is 25.3 Å². The molecular weight excluding hydrogens is 304 g/mol. The molecule has 0 aliphatic carbocycles. The fourth-order valence-corrected chi connectivity index (χ4v) is 2.01. The summed E-state index contributed by atoms with van der Waals surface area (Å²) >= 11 is 0. The number of carbonyl (C=O) groups is 1. The Hall–Kier alpha value is -1.91. The molecule has 0 aromatic carbocycles. The molecule has 0 saturated heterocycles. The number of aliphatic carboxylic acids is 1. The molecule has 0 aromatic rings. The first-order chi connectivity index (χ1) is 11.8. The van der Waals surface area contributed by atoms with Crippen molar-refractivity contribution in [3.8, 4) is 0 Å². The normalized spacial score (nSPS) is 12.7. The number of unbranched alkanes of at least 4 members (excludes halogenated alkanes) is 7. The Bertz CT molecular complexity index is 431. The summed E-state index contributed by atoms with van der Waals surface area (Å²) in [6, 6.07) is 0. The molecule has 24 heavy (non-hydrogen) atoms. The van der Waals surface area contributed by atoms with Crippen molar-refractivity contribution < 1.29 is 20.0 Å². The molecular formula is C20H30O4. The maximum absolute atomic E-state index is 10.2. The van der Waals surface area contributed by atoms with Gasteiger partial charge in [-0.1, -0.05) is 86.8 Å². The highest BCUT2D eigenvalue weighted by atomic mass is 17.1. The third-order valence-electron chi connectivity index (χ3n) is 3.26. The summed E-state index contributed by atoms with van der Waals surface area (Å²) in [6.45, 7) is 0.450. The molecule has 0 radical (unpaired) electrons. The lowest BCUT2D eigenvalue weighted by Gasteiger charge is -2.00. The Kier molecular flexibility index (Phi) is 17.6. The monoisotopic (exact) mass is 334 g/mol. The first kappa shape index (κ1) is 22.1. The van der Waals surface area contributed by atoms with Crippen LogP contribution in [0.3, 0.4) is 0 Å². The lowest BCUT2D eigenvalue weighted by Crippen LogP contribution is -1.88. The van der Waals surface area contributed by atoms with Gasteiger partial charge in [-0.15, -0.1) is 0 Å². The molecule has 0 bridgehead atoms. The first-order valence-corrected chi connectivity index (χ1v) is 8.60. The molecule has 0 amide bonds. The third kappa shape index (κ3) is 20.1. The molecule has 0 aliphatic rings. The van der Waals surface area contributed by atoms with Crippen LogP contribution in [-0.4, -0.2) is 22.9 Å². The lowest BCUT2D eigenvalue weighted by molar-refractivity contribution is -0.242. The molecule has 0 aliphatic heterocycles. The zero-order valence-electron chi connectivity index (χ0n) is 14.3. The largest absolute Gasteiger partial charge is 0.478 e. The van der Waals surface area contributed by atoms with Crippen LogP contribution in [0.2, 0.25) is 0 Å². The molecule has 2 N–H and O–H groups in total. The lowest BCUT2D eigenvalue weighted by atomic mass is 10.1. The van der Waals surface area contributed by atoms with Crippen LogP contribution in [0.4, 0.5) is 0 Å². The van der Waals surface area contributed by atoms with E-state index < -0.39 is 5.97 Å². The summed E-state index contributed by atoms with van der Waals surface area (Å²) in [4.78, 5) is 14.2. The highest BCUT2D eigenvalue weighted by Gasteiger charge is 1.91. The van der Waals surface area contributed by atoms with E-state index in [2.05, 4.69) is 11.0 Å². The zero-order chi connectivity index (χ0) is 17.7. The number of allylic oxidation sites excluding steroid dienone is 9. The summed E-state index contributed by atoms with van der Waals surface area (Å²) in [7, 11) is 0. The van der Waals surface area contributed by atoms with Gasteiger partial charge in [-0.25, -0.2) is 9.68 Å². The molecule has 0 unspecified atom stereocenters. The molecule has 134 valence electrons. The second kappa shape index (κ2) is 19.1. The SMILES string of the molecule is O=C(O)C=CC=CC=CC=CC=CCCCCCCCCCOO.